The maximum atomic E-state index is 6.16. The van der Waals surface area contributed by atoms with Crippen LogP contribution in [0, 0.1) is 0 Å². The molecule has 0 aromatic carbocycles. The van der Waals surface area contributed by atoms with Crippen molar-refractivity contribution in [2.24, 2.45) is 5.73 Å². The van der Waals surface area contributed by atoms with Crippen molar-refractivity contribution in [3.63, 3.8) is 0 Å². The third-order valence-electron chi connectivity index (χ3n) is 2.67. The lowest BCUT2D eigenvalue weighted by atomic mass is 9.97. The second-order valence-electron chi connectivity index (χ2n) is 4.81. The van der Waals surface area contributed by atoms with Crippen molar-refractivity contribution in [2.45, 2.75) is 45.1 Å². The van der Waals surface area contributed by atoms with Crippen LogP contribution in [0.2, 0.25) is 0 Å². The topological polar surface area (TPSA) is 50.9 Å². The number of nitrogens with two attached hydrogens (primary N) is 1. The van der Waals surface area contributed by atoms with Crippen molar-refractivity contribution >= 4 is 11.3 Å². The van der Waals surface area contributed by atoms with Gasteiger partial charge in [-0.1, -0.05) is 20.3 Å². The van der Waals surface area contributed by atoms with Crippen molar-refractivity contribution in [1.82, 2.24) is 10.3 Å². The standard InChI is InChI=1S/C12H23N3S/c1-4-5-12(3,13)9-14-8-10(2)11-15-6-7-16-11/h6-7,10,14H,4-5,8-9,13H2,1-3H3. The van der Waals surface area contributed by atoms with Crippen LogP contribution in [-0.4, -0.2) is 23.6 Å². The molecule has 0 radical (unpaired) electrons. The van der Waals surface area contributed by atoms with Gasteiger partial charge in [-0.3, -0.25) is 0 Å². The van der Waals surface area contributed by atoms with E-state index >= 15 is 0 Å². The van der Waals surface area contributed by atoms with E-state index in [-0.39, 0.29) is 5.54 Å². The van der Waals surface area contributed by atoms with E-state index in [1.807, 2.05) is 11.6 Å². The molecule has 0 saturated heterocycles. The van der Waals surface area contributed by atoms with E-state index in [0.29, 0.717) is 5.92 Å². The summed E-state index contributed by atoms with van der Waals surface area (Å²) in [5, 5.41) is 6.66. The van der Waals surface area contributed by atoms with E-state index in [4.69, 9.17) is 5.73 Å². The molecule has 2 unspecified atom stereocenters. The molecule has 92 valence electrons. The third-order valence-corrected chi connectivity index (χ3v) is 3.68. The first-order chi connectivity index (χ1) is 7.55. The quantitative estimate of drug-likeness (QED) is 0.770. The van der Waals surface area contributed by atoms with Crippen molar-refractivity contribution in [3.8, 4) is 0 Å². The van der Waals surface area contributed by atoms with E-state index in [1.54, 1.807) is 11.3 Å². The lowest BCUT2D eigenvalue weighted by Crippen LogP contribution is -2.46. The summed E-state index contributed by atoms with van der Waals surface area (Å²) in [4.78, 5) is 4.31. The van der Waals surface area contributed by atoms with Crippen LogP contribution in [0.5, 0.6) is 0 Å². The summed E-state index contributed by atoms with van der Waals surface area (Å²) in [6.07, 6.45) is 4.06. The summed E-state index contributed by atoms with van der Waals surface area (Å²) in [5.74, 6) is 0.470. The highest BCUT2D eigenvalue weighted by atomic mass is 32.1. The van der Waals surface area contributed by atoms with Crippen LogP contribution < -0.4 is 11.1 Å². The maximum Gasteiger partial charge on any atom is 0.0965 e. The first-order valence-corrected chi connectivity index (χ1v) is 6.82. The fourth-order valence-corrected chi connectivity index (χ4v) is 2.50. The highest BCUT2D eigenvalue weighted by Crippen LogP contribution is 2.16. The van der Waals surface area contributed by atoms with Crippen LogP contribution in [-0.2, 0) is 0 Å². The third kappa shape index (κ3) is 4.60. The van der Waals surface area contributed by atoms with Gasteiger partial charge in [0, 0.05) is 36.1 Å². The number of thiazole rings is 1. The lowest BCUT2D eigenvalue weighted by Gasteiger charge is -2.25. The Labute approximate surface area is 102 Å². The van der Waals surface area contributed by atoms with Gasteiger partial charge in [0.25, 0.3) is 0 Å². The van der Waals surface area contributed by atoms with E-state index in [9.17, 15) is 0 Å². The van der Waals surface area contributed by atoms with E-state index in [0.717, 1.165) is 25.9 Å². The van der Waals surface area contributed by atoms with Crippen LogP contribution in [0.4, 0.5) is 0 Å². The predicted molar refractivity (Wildman–Crippen MR) is 70.9 cm³/mol. The smallest absolute Gasteiger partial charge is 0.0965 e. The highest BCUT2D eigenvalue weighted by Gasteiger charge is 2.17. The second-order valence-corrected chi connectivity index (χ2v) is 5.73. The summed E-state index contributed by atoms with van der Waals surface area (Å²) in [5.41, 5.74) is 6.07. The van der Waals surface area contributed by atoms with Crippen LogP contribution in [0.1, 0.15) is 44.5 Å². The van der Waals surface area contributed by atoms with Gasteiger partial charge in [-0.15, -0.1) is 11.3 Å². The Morgan fingerprint density at radius 1 is 1.62 bits per heavy atom. The van der Waals surface area contributed by atoms with Gasteiger partial charge in [0.1, 0.15) is 0 Å². The van der Waals surface area contributed by atoms with E-state index in [2.05, 4.69) is 31.1 Å². The van der Waals surface area contributed by atoms with Crippen molar-refractivity contribution in [2.75, 3.05) is 13.1 Å². The second kappa shape index (κ2) is 6.33. The molecule has 1 rings (SSSR count). The molecule has 0 saturated carbocycles. The van der Waals surface area contributed by atoms with Gasteiger partial charge in [0.15, 0.2) is 0 Å². The molecule has 1 aromatic heterocycles. The van der Waals surface area contributed by atoms with E-state index < -0.39 is 0 Å². The molecule has 1 aromatic rings. The monoisotopic (exact) mass is 241 g/mol. The van der Waals surface area contributed by atoms with Gasteiger partial charge in [-0.05, 0) is 13.3 Å². The first kappa shape index (κ1) is 13.6. The Morgan fingerprint density at radius 2 is 2.38 bits per heavy atom. The largest absolute Gasteiger partial charge is 0.324 e. The highest BCUT2D eigenvalue weighted by molar-refractivity contribution is 7.09. The Bertz CT molecular complexity index is 282. The zero-order valence-corrected chi connectivity index (χ0v) is 11.3. The average molecular weight is 241 g/mol. The Hall–Kier alpha value is -0.450. The number of hydrogen-bond donors (Lipinski definition) is 2. The molecule has 0 aliphatic rings. The molecule has 0 bridgehead atoms. The molecular weight excluding hydrogens is 218 g/mol. The zero-order chi connectivity index (χ0) is 12.0. The van der Waals surface area contributed by atoms with Gasteiger partial charge in [0.2, 0.25) is 0 Å². The Balaban J connectivity index is 2.25. The molecule has 0 aliphatic carbocycles. The number of hydrogen-bond acceptors (Lipinski definition) is 4. The van der Waals surface area contributed by atoms with Crippen molar-refractivity contribution in [3.05, 3.63) is 16.6 Å². The van der Waals surface area contributed by atoms with Crippen LogP contribution in [0.15, 0.2) is 11.6 Å². The number of nitrogens with zero attached hydrogens (tertiary/aromatic N) is 1. The molecule has 1 heterocycles. The molecule has 3 nitrogen and oxygen atoms in total. The number of nitrogens with one attached hydrogen (secondary N) is 1. The normalized spacial score (nSPS) is 17.0. The molecule has 4 heteroatoms. The van der Waals surface area contributed by atoms with Crippen molar-refractivity contribution in [1.29, 1.82) is 0 Å². The van der Waals surface area contributed by atoms with Crippen LogP contribution in [0.3, 0.4) is 0 Å². The minimum absolute atomic E-state index is 0.0860. The molecule has 16 heavy (non-hydrogen) atoms. The number of aromatic nitrogens is 1. The molecule has 3 N–H and O–H groups in total. The van der Waals surface area contributed by atoms with Crippen LogP contribution >= 0.6 is 11.3 Å². The van der Waals surface area contributed by atoms with Crippen LogP contribution in [0.25, 0.3) is 0 Å². The summed E-state index contributed by atoms with van der Waals surface area (Å²) in [6.45, 7) is 8.29. The Morgan fingerprint density at radius 3 is 2.94 bits per heavy atom. The molecule has 0 spiro atoms. The van der Waals surface area contributed by atoms with Gasteiger partial charge in [-0.2, -0.15) is 0 Å². The molecule has 0 amide bonds. The lowest BCUT2D eigenvalue weighted by molar-refractivity contribution is 0.392. The summed E-state index contributed by atoms with van der Waals surface area (Å²) >= 11 is 1.72. The summed E-state index contributed by atoms with van der Waals surface area (Å²) < 4.78 is 0. The van der Waals surface area contributed by atoms with Gasteiger partial charge >= 0.3 is 0 Å². The SMILES string of the molecule is CCCC(C)(N)CNCC(C)c1nccs1. The van der Waals surface area contributed by atoms with Gasteiger partial charge in [0.05, 0.1) is 5.01 Å². The minimum Gasteiger partial charge on any atom is -0.324 e. The predicted octanol–water partition coefficient (Wildman–Crippen LogP) is 2.35. The molecular formula is C12H23N3S. The first-order valence-electron chi connectivity index (χ1n) is 5.94. The van der Waals surface area contributed by atoms with Crippen molar-refractivity contribution < 1.29 is 0 Å². The fourth-order valence-electron chi connectivity index (χ4n) is 1.80. The molecule has 0 aliphatic heterocycles. The fraction of sp³-hybridized carbons (Fsp3) is 0.750. The van der Waals surface area contributed by atoms with Gasteiger partial charge in [-0.25, -0.2) is 4.98 Å². The summed E-state index contributed by atoms with van der Waals surface area (Å²) in [7, 11) is 0. The molecule has 2 atom stereocenters. The minimum atomic E-state index is -0.0860. The molecule has 0 fully saturated rings. The zero-order valence-electron chi connectivity index (χ0n) is 10.5. The van der Waals surface area contributed by atoms with Gasteiger partial charge < -0.3 is 11.1 Å². The average Bonchev–Trinajstić information content (AvgIpc) is 2.69. The summed E-state index contributed by atoms with van der Waals surface area (Å²) in [6, 6.07) is 0. The van der Waals surface area contributed by atoms with E-state index in [1.165, 1.54) is 5.01 Å². The Kier molecular flexibility index (Phi) is 5.38. The number of rotatable bonds is 7. The maximum absolute atomic E-state index is 6.16.